The van der Waals surface area contributed by atoms with Gasteiger partial charge in [-0.05, 0) is 103 Å². The van der Waals surface area contributed by atoms with Crippen LogP contribution in [-0.2, 0) is 14.3 Å². The zero-order valence-corrected chi connectivity index (χ0v) is 45.4. The van der Waals surface area contributed by atoms with E-state index in [-0.39, 0.29) is 24.9 Å². The van der Waals surface area contributed by atoms with E-state index in [1.165, 1.54) is 89.9 Å². The molecule has 0 saturated carbocycles. The molecule has 0 saturated heterocycles. The molecule has 1 amide bonds. The van der Waals surface area contributed by atoms with Crippen LogP contribution in [0.25, 0.3) is 0 Å². The van der Waals surface area contributed by atoms with E-state index in [2.05, 4.69) is 148 Å². The highest BCUT2D eigenvalue weighted by Gasteiger charge is 2.24. The maximum Gasteiger partial charge on any atom is 0.306 e. The first-order valence-corrected chi connectivity index (χ1v) is 28.8. The molecule has 70 heavy (non-hydrogen) atoms. The van der Waals surface area contributed by atoms with Crippen molar-refractivity contribution in [2.24, 2.45) is 0 Å². The van der Waals surface area contributed by atoms with Crippen LogP contribution < -0.4 is 5.32 Å². The van der Waals surface area contributed by atoms with Crippen LogP contribution in [0.1, 0.15) is 245 Å². The third-order valence-electron chi connectivity index (χ3n) is 12.3. The van der Waals surface area contributed by atoms with E-state index in [9.17, 15) is 19.8 Å². The van der Waals surface area contributed by atoms with Crippen molar-refractivity contribution >= 4 is 11.9 Å². The molecular weight excluding hydrogens is 863 g/mol. The predicted molar refractivity (Wildman–Crippen MR) is 305 cm³/mol. The third-order valence-corrected chi connectivity index (χ3v) is 12.3. The molecule has 0 spiro atoms. The zero-order valence-electron chi connectivity index (χ0n) is 45.4. The molecular formula is C64H107NO5. The van der Waals surface area contributed by atoms with Crippen molar-refractivity contribution in [1.82, 2.24) is 5.32 Å². The maximum absolute atomic E-state index is 13.3. The van der Waals surface area contributed by atoms with Crippen molar-refractivity contribution in [3.05, 3.63) is 122 Å². The summed E-state index contributed by atoms with van der Waals surface area (Å²) in [5, 5.41) is 23.9. The molecule has 0 heterocycles. The standard InChI is InChI=1S/C64H107NO5/c1-4-7-10-13-16-19-22-25-28-31-34-37-40-43-46-49-52-55-60(70-64(69)57-54-51-48-45-42-39-36-33-30-27-24-21-18-15-12-9-6-3)58-63(68)65-61(59-66)62(67)56-53-50-47-44-41-38-35-32-29-26-23-20-17-14-11-8-5-2/h7,9-10,12,16,18-19,21,25,27-28,30,34,36-37,39,43,45-46,48,60-62,66-67H,4-6,8,11,13-15,17,20,22-24,26,29,31-33,35,38,40-42,44,47,49-59H2,1-3H3,(H,65,68)/b10-7-,12-9-,19-16-,21-18-,28-25-,30-27-,37-34-,39-36-,46-43-,48-45-. The first kappa shape index (κ1) is 66.3. The Morgan fingerprint density at radius 1 is 0.429 bits per heavy atom. The molecule has 0 aromatic heterocycles. The number of esters is 1. The molecule has 0 aromatic rings. The second-order valence-electron chi connectivity index (χ2n) is 18.9. The van der Waals surface area contributed by atoms with Gasteiger partial charge >= 0.3 is 5.97 Å². The van der Waals surface area contributed by atoms with Gasteiger partial charge in [0.25, 0.3) is 0 Å². The van der Waals surface area contributed by atoms with Gasteiger partial charge in [-0.3, -0.25) is 9.59 Å². The molecule has 0 aliphatic rings. The van der Waals surface area contributed by atoms with Gasteiger partial charge in [-0.1, -0.05) is 251 Å². The Bertz CT molecular complexity index is 1460. The van der Waals surface area contributed by atoms with E-state index in [1.807, 2.05) is 0 Å². The van der Waals surface area contributed by atoms with Crippen LogP contribution in [-0.4, -0.2) is 46.9 Å². The monoisotopic (exact) mass is 970 g/mol. The number of hydrogen-bond acceptors (Lipinski definition) is 5. The number of amides is 1. The lowest BCUT2D eigenvalue weighted by Crippen LogP contribution is -2.46. The first-order chi connectivity index (χ1) is 34.5. The summed E-state index contributed by atoms with van der Waals surface area (Å²) < 4.78 is 5.90. The van der Waals surface area contributed by atoms with Gasteiger partial charge in [-0.15, -0.1) is 0 Å². The van der Waals surface area contributed by atoms with Gasteiger partial charge in [-0.25, -0.2) is 0 Å². The average molecular weight is 971 g/mol. The second-order valence-corrected chi connectivity index (χ2v) is 18.9. The number of aliphatic hydroxyl groups is 2. The first-order valence-electron chi connectivity index (χ1n) is 28.8. The Morgan fingerprint density at radius 3 is 1.14 bits per heavy atom. The van der Waals surface area contributed by atoms with Crippen molar-refractivity contribution in [3.8, 4) is 0 Å². The van der Waals surface area contributed by atoms with E-state index in [0.29, 0.717) is 25.7 Å². The number of ether oxygens (including phenoxy) is 1. The highest BCUT2D eigenvalue weighted by molar-refractivity contribution is 5.77. The summed E-state index contributed by atoms with van der Waals surface area (Å²) >= 11 is 0. The Balaban J connectivity index is 4.75. The van der Waals surface area contributed by atoms with E-state index in [4.69, 9.17) is 4.74 Å². The second kappa shape index (κ2) is 56.2. The molecule has 0 fully saturated rings. The van der Waals surface area contributed by atoms with Crippen LogP contribution in [0.4, 0.5) is 0 Å². The van der Waals surface area contributed by atoms with Gasteiger partial charge in [0, 0.05) is 6.42 Å². The van der Waals surface area contributed by atoms with Crippen LogP contribution in [0.15, 0.2) is 122 Å². The van der Waals surface area contributed by atoms with E-state index in [0.717, 1.165) is 103 Å². The molecule has 3 atom stereocenters. The molecule has 0 aliphatic carbocycles. The lowest BCUT2D eigenvalue weighted by Gasteiger charge is -2.24. The zero-order chi connectivity index (χ0) is 50.9. The number of carbonyl (C=O) groups excluding carboxylic acids is 2. The molecule has 0 aliphatic heterocycles. The minimum atomic E-state index is -0.822. The molecule has 0 bridgehead atoms. The minimum absolute atomic E-state index is 0.00845. The van der Waals surface area contributed by atoms with Crippen LogP contribution >= 0.6 is 0 Å². The molecule has 398 valence electrons. The largest absolute Gasteiger partial charge is 0.462 e. The van der Waals surface area contributed by atoms with Gasteiger partial charge in [0.1, 0.15) is 6.10 Å². The highest BCUT2D eigenvalue weighted by atomic mass is 16.5. The molecule has 3 unspecified atom stereocenters. The van der Waals surface area contributed by atoms with Crippen molar-refractivity contribution in [1.29, 1.82) is 0 Å². The Kier molecular flexibility index (Phi) is 53.2. The predicted octanol–water partition coefficient (Wildman–Crippen LogP) is 18.0. The van der Waals surface area contributed by atoms with Gasteiger partial charge < -0.3 is 20.3 Å². The van der Waals surface area contributed by atoms with Crippen LogP contribution in [0, 0.1) is 0 Å². The van der Waals surface area contributed by atoms with E-state index in [1.54, 1.807) is 0 Å². The fourth-order valence-electron chi connectivity index (χ4n) is 8.03. The SMILES string of the molecule is CC/C=C\C/C=C\C/C=C\C/C=C\C/C=C\CCCC(=O)OC(CCC/C=C\C/C=C\C/C=C\C/C=C\C/C=C\CC)CC(=O)NC(CO)C(O)CCCCCCCCCCCCCCCCCCC. The number of unbranched alkanes of at least 4 members (excludes halogenated alkanes) is 18. The van der Waals surface area contributed by atoms with Crippen molar-refractivity contribution in [3.63, 3.8) is 0 Å². The normalized spacial score (nSPS) is 14.1. The number of aliphatic hydroxyl groups excluding tert-OH is 2. The van der Waals surface area contributed by atoms with Crippen LogP contribution in [0.2, 0.25) is 0 Å². The summed E-state index contributed by atoms with van der Waals surface area (Å²) in [6.45, 7) is 6.24. The number of nitrogens with one attached hydrogen (secondary N) is 1. The molecule has 0 rings (SSSR count). The fraction of sp³-hybridized carbons (Fsp3) is 0.656. The Labute approximate surface area is 431 Å². The number of hydrogen-bond donors (Lipinski definition) is 3. The molecule has 0 aromatic carbocycles. The van der Waals surface area contributed by atoms with Gasteiger partial charge in [0.2, 0.25) is 5.91 Å². The lowest BCUT2D eigenvalue weighted by atomic mass is 10.0. The molecule has 3 N–H and O–H groups in total. The Morgan fingerprint density at radius 2 is 0.771 bits per heavy atom. The highest BCUT2D eigenvalue weighted by Crippen LogP contribution is 2.17. The number of carbonyl (C=O) groups is 2. The average Bonchev–Trinajstić information content (AvgIpc) is 3.35. The summed E-state index contributed by atoms with van der Waals surface area (Å²) in [6, 6.07) is -0.741. The smallest absolute Gasteiger partial charge is 0.306 e. The van der Waals surface area contributed by atoms with Gasteiger partial charge in [0.05, 0.1) is 25.2 Å². The Hall–Kier alpha value is -3.74. The van der Waals surface area contributed by atoms with Gasteiger partial charge in [-0.2, -0.15) is 0 Å². The number of rotatable bonds is 50. The maximum atomic E-state index is 13.3. The summed E-state index contributed by atoms with van der Waals surface area (Å²) in [5.74, 6) is -0.607. The van der Waals surface area contributed by atoms with E-state index >= 15 is 0 Å². The molecule has 0 radical (unpaired) electrons. The van der Waals surface area contributed by atoms with Crippen LogP contribution in [0.3, 0.4) is 0 Å². The third kappa shape index (κ3) is 50.6. The van der Waals surface area contributed by atoms with Crippen LogP contribution in [0.5, 0.6) is 0 Å². The van der Waals surface area contributed by atoms with Crippen molar-refractivity contribution < 1.29 is 24.5 Å². The van der Waals surface area contributed by atoms with Crippen molar-refractivity contribution in [2.45, 2.75) is 264 Å². The van der Waals surface area contributed by atoms with E-state index < -0.39 is 18.2 Å². The van der Waals surface area contributed by atoms with Gasteiger partial charge in [0.15, 0.2) is 0 Å². The fourth-order valence-corrected chi connectivity index (χ4v) is 8.03. The summed E-state index contributed by atoms with van der Waals surface area (Å²) in [5.41, 5.74) is 0. The minimum Gasteiger partial charge on any atom is -0.462 e. The van der Waals surface area contributed by atoms with Crippen molar-refractivity contribution in [2.75, 3.05) is 6.61 Å². The topological polar surface area (TPSA) is 95.9 Å². The molecule has 6 heteroatoms. The number of allylic oxidation sites excluding steroid dienone is 20. The molecule has 6 nitrogen and oxygen atoms in total. The quantitative estimate of drug-likeness (QED) is 0.0321. The summed E-state index contributed by atoms with van der Waals surface area (Å²) in [7, 11) is 0. The summed E-state index contributed by atoms with van der Waals surface area (Å²) in [6.07, 6.45) is 78.4. The summed E-state index contributed by atoms with van der Waals surface area (Å²) in [4.78, 5) is 26.3. The lowest BCUT2D eigenvalue weighted by molar-refractivity contribution is -0.151.